The highest BCUT2D eigenvalue weighted by molar-refractivity contribution is 5.90. The summed E-state index contributed by atoms with van der Waals surface area (Å²) >= 11 is 0. The second kappa shape index (κ2) is 8.43. The van der Waals surface area contributed by atoms with Crippen molar-refractivity contribution in [2.45, 2.75) is 19.9 Å². The predicted octanol–water partition coefficient (Wildman–Crippen LogP) is 3.18. The first-order chi connectivity index (χ1) is 13.2. The second-order valence-electron chi connectivity index (χ2n) is 5.89. The van der Waals surface area contributed by atoms with Crippen molar-refractivity contribution in [1.82, 2.24) is 14.5 Å². The molecule has 0 aliphatic heterocycles. The Morgan fingerprint density at radius 1 is 1.26 bits per heavy atom. The molecule has 3 aromatic rings. The molecule has 0 unspecified atom stereocenters. The van der Waals surface area contributed by atoms with Crippen LogP contribution >= 0.6 is 0 Å². The molecule has 0 fully saturated rings. The number of imidazole rings is 1. The Balaban J connectivity index is 2.12. The van der Waals surface area contributed by atoms with Gasteiger partial charge in [-0.15, -0.1) is 0 Å². The molecule has 3 rings (SSSR count). The third kappa shape index (κ3) is 3.96. The highest BCUT2D eigenvalue weighted by Gasteiger charge is 2.17. The number of fused-ring (bicyclic) bond motifs is 1. The van der Waals surface area contributed by atoms with Crippen LogP contribution in [0.25, 0.3) is 22.6 Å². The Kier molecular flexibility index (Phi) is 5.79. The van der Waals surface area contributed by atoms with E-state index in [2.05, 4.69) is 16.0 Å². The molecule has 1 aromatic carbocycles. The fourth-order valence-electron chi connectivity index (χ4n) is 2.85. The molecule has 0 bridgehead atoms. The Hall–Kier alpha value is -3.24. The van der Waals surface area contributed by atoms with E-state index in [9.17, 15) is 10.1 Å². The van der Waals surface area contributed by atoms with Gasteiger partial charge in [-0.05, 0) is 37.6 Å². The molecule has 0 saturated heterocycles. The number of benzene rings is 1. The first-order valence-corrected chi connectivity index (χ1v) is 8.71. The average molecular weight is 364 g/mol. The molecule has 27 heavy (non-hydrogen) atoms. The standard InChI is InChI=1S/C20H20N4O3/c1-3-27-20(25)17-9-8-16-19(23-17)24(10-5-11-26-2)18(22-16)15-7-4-6-14(12-15)13-21/h4,6-9,12H,3,5,10-11H2,1-2H3. The quantitative estimate of drug-likeness (QED) is 0.472. The number of methoxy groups -OCH3 is 1. The number of pyridine rings is 1. The molecule has 0 atom stereocenters. The number of carbonyl (C=O) groups is 1. The summed E-state index contributed by atoms with van der Waals surface area (Å²) < 4.78 is 12.2. The summed E-state index contributed by atoms with van der Waals surface area (Å²) in [7, 11) is 1.65. The van der Waals surface area contributed by atoms with Gasteiger partial charge in [0.2, 0.25) is 0 Å². The molecule has 7 nitrogen and oxygen atoms in total. The molecule has 0 radical (unpaired) electrons. The van der Waals surface area contributed by atoms with Gasteiger partial charge < -0.3 is 14.0 Å². The second-order valence-corrected chi connectivity index (χ2v) is 5.89. The average Bonchev–Trinajstić information content (AvgIpc) is 3.06. The molecule has 0 saturated carbocycles. The van der Waals surface area contributed by atoms with Crippen LogP contribution in [-0.4, -0.2) is 40.8 Å². The minimum absolute atomic E-state index is 0.245. The van der Waals surface area contributed by atoms with Gasteiger partial charge in [-0.3, -0.25) is 0 Å². The van der Waals surface area contributed by atoms with E-state index in [1.807, 2.05) is 16.7 Å². The maximum Gasteiger partial charge on any atom is 0.357 e. The summed E-state index contributed by atoms with van der Waals surface area (Å²) in [5, 5.41) is 9.18. The first-order valence-electron chi connectivity index (χ1n) is 8.71. The number of ether oxygens (including phenoxy) is 2. The molecular weight excluding hydrogens is 344 g/mol. The van der Waals surface area contributed by atoms with Crippen molar-refractivity contribution < 1.29 is 14.3 Å². The fourth-order valence-corrected chi connectivity index (χ4v) is 2.85. The molecule has 0 N–H and O–H groups in total. The number of hydrogen-bond donors (Lipinski definition) is 0. The minimum atomic E-state index is -0.461. The first kappa shape index (κ1) is 18.5. The fraction of sp³-hybridized carbons (Fsp3) is 0.300. The number of rotatable bonds is 7. The van der Waals surface area contributed by atoms with Gasteiger partial charge in [0.15, 0.2) is 11.3 Å². The molecule has 138 valence electrons. The van der Waals surface area contributed by atoms with E-state index in [1.54, 1.807) is 38.3 Å². The van der Waals surface area contributed by atoms with E-state index in [0.29, 0.717) is 35.7 Å². The van der Waals surface area contributed by atoms with Gasteiger partial charge in [0, 0.05) is 25.8 Å². The maximum absolute atomic E-state index is 12.0. The molecule has 0 amide bonds. The van der Waals surface area contributed by atoms with E-state index in [4.69, 9.17) is 9.47 Å². The lowest BCUT2D eigenvalue weighted by Gasteiger charge is -2.09. The molecule has 0 spiro atoms. The van der Waals surface area contributed by atoms with Gasteiger partial charge >= 0.3 is 5.97 Å². The number of nitrogens with zero attached hydrogens (tertiary/aromatic N) is 4. The van der Waals surface area contributed by atoms with Crippen molar-refractivity contribution in [3.8, 4) is 17.5 Å². The van der Waals surface area contributed by atoms with Gasteiger partial charge in [-0.2, -0.15) is 5.26 Å². The Labute approximate surface area is 157 Å². The van der Waals surface area contributed by atoms with Crippen molar-refractivity contribution in [3.05, 3.63) is 47.7 Å². The molecular formula is C20H20N4O3. The van der Waals surface area contributed by atoms with Crippen LogP contribution in [-0.2, 0) is 16.0 Å². The van der Waals surface area contributed by atoms with E-state index in [-0.39, 0.29) is 12.3 Å². The topological polar surface area (TPSA) is 90.0 Å². The number of aromatic nitrogens is 3. The lowest BCUT2D eigenvalue weighted by atomic mass is 10.1. The Morgan fingerprint density at radius 3 is 2.85 bits per heavy atom. The van der Waals surface area contributed by atoms with Crippen LogP contribution in [0.1, 0.15) is 29.4 Å². The predicted molar refractivity (Wildman–Crippen MR) is 100 cm³/mol. The summed E-state index contributed by atoms with van der Waals surface area (Å²) in [6.45, 7) is 3.26. The van der Waals surface area contributed by atoms with Crippen molar-refractivity contribution in [1.29, 1.82) is 5.26 Å². The number of aryl methyl sites for hydroxylation is 1. The molecule has 0 aliphatic rings. The zero-order valence-corrected chi connectivity index (χ0v) is 15.3. The third-order valence-corrected chi connectivity index (χ3v) is 4.06. The van der Waals surface area contributed by atoms with Crippen molar-refractivity contribution in [3.63, 3.8) is 0 Å². The number of nitriles is 1. The SMILES string of the molecule is CCOC(=O)c1ccc2nc(-c3cccc(C#N)c3)n(CCCOC)c2n1. The molecule has 0 aliphatic carbocycles. The van der Waals surface area contributed by atoms with Crippen LogP contribution < -0.4 is 0 Å². The normalized spacial score (nSPS) is 10.7. The van der Waals surface area contributed by atoms with Crippen LogP contribution in [0, 0.1) is 11.3 Å². The van der Waals surface area contributed by atoms with Crippen molar-refractivity contribution in [2.75, 3.05) is 20.3 Å². The monoisotopic (exact) mass is 364 g/mol. The van der Waals surface area contributed by atoms with Crippen LogP contribution in [0.2, 0.25) is 0 Å². The third-order valence-electron chi connectivity index (χ3n) is 4.06. The Bertz CT molecular complexity index is 1000. The lowest BCUT2D eigenvalue weighted by Crippen LogP contribution is -2.09. The summed E-state index contributed by atoms with van der Waals surface area (Å²) in [6.07, 6.45) is 0.762. The summed E-state index contributed by atoms with van der Waals surface area (Å²) in [6, 6.07) is 12.8. The minimum Gasteiger partial charge on any atom is -0.461 e. The maximum atomic E-state index is 12.0. The molecule has 2 heterocycles. The van der Waals surface area contributed by atoms with Gasteiger partial charge in [0.05, 0.1) is 18.2 Å². The number of carbonyl (C=O) groups excluding carboxylic acids is 1. The summed E-state index contributed by atoms with van der Waals surface area (Å²) in [5.74, 6) is 0.240. The highest BCUT2D eigenvalue weighted by Crippen LogP contribution is 2.25. The largest absolute Gasteiger partial charge is 0.461 e. The summed E-state index contributed by atoms with van der Waals surface area (Å²) in [5.41, 5.74) is 2.91. The van der Waals surface area contributed by atoms with E-state index < -0.39 is 5.97 Å². The van der Waals surface area contributed by atoms with Gasteiger partial charge in [-0.25, -0.2) is 14.8 Å². The smallest absolute Gasteiger partial charge is 0.357 e. The van der Waals surface area contributed by atoms with E-state index >= 15 is 0 Å². The molecule has 7 heteroatoms. The van der Waals surface area contributed by atoms with E-state index in [0.717, 1.165) is 12.0 Å². The number of esters is 1. The zero-order valence-electron chi connectivity index (χ0n) is 15.3. The van der Waals surface area contributed by atoms with Gasteiger partial charge in [0.25, 0.3) is 0 Å². The lowest BCUT2D eigenvalue weighted by molar-refractivity contribution is 0.0520. The van der Waals surface area contributed by atoms with Crippen LogP contribution in [0.4, 0.5) is 0 Å². The van der Waals surface area contributed by atoms with Crippen molar-refractivity contribution in [2.24, 2.45) is 0 Å². The van der Waals surface area contributed by atoms with Gasteiger partial charge in [-0.1, -0.05) is 12.1 Å². The van der Waals surface area contributed by atoms with Gasteiger partial charge in [0.1, 0.15) is 11.3 Å². The zero-order chi connectivity index (χ0) is 19.2. The van der Waals surface area contributed by atoms with E-state index in [1.165, 1.54) is 0 Å². The van der Waals surface area contributed by atoms with Crippen LogP contribution in [0.15, 0.2) is 36.4 Å². The molecule has 2 aromatic heterocycles. The van der Waals surface area contributed by atoms with Crippen LogP contribution in [0.5, 0.6) is 0 Å². The Morgan fingerprint density at radius 2 is 2.11 bits per heavy atom. The van der Waals surface area contributed by atoms with Crippen LogP contribution in [0.3, 0.4) is 0 Å². The summed E-state index contributed by atoms with van der Waals surface area (Å²) in [4.78, 5) is 21.2. The van der Waals surface area contributed by atoms with Crippen molar-refractivity contribution >= 4 is 17.1 Å². The highest BCUT2D eigenvalue weighted by atomic mass is 16.5. The number of hydrogen-bond acceptors (Lipinski definition) is 6.